The minimum absolute atomic E-state index is 0.0923. The van der Waals surface area contributed by atoms with Gasteiger partial charge in [-0.05, 0) is 55.0 Å². The molecule has 13 heteroatoms. The van der Waals surface area contributed by atoms with Crippen molar-refractivity contribution in [3.8, 4) is 28.7 Å². The first kappa shape index (κ1) is 24.7. The van der Waals surface area contributed by atoms with Gasteiger partial charge in [0.25, 0.3) is 5.89 Å². The number of nitrogens with zero attached hydrogens (tertiary/aromatic N) is 5. The van der Waals surface area contributed by atoms with Crippen LogP contribution in [0.4, 0.5) is 19.0 Å². The van der Waals surface area contributed by atoms with Crippen LogP contribution in [-0.4, -0.2) is 50.3 Å². The molecule has 2 N–H and O–H groups in total. The van der Waals surface area contributed by atoms with Crippen molar-refractivity contribution in [3.63, 3.8) is 0 Å². The minimum Gasteiger partial charge on any atom is -0.406 e. The van der Waals surface area contributed by atoms with E-state index in [1.165, 1.54) is 31.2 Å². The fourth-order valence-electron chi connectivity index (χ4n) is 3.30. The van der Waals surface area contributed by atoms with Gasteiger partial charge in [0.2, 0.25) is 11.7 Å². The predicted molar refractivity (Wildman–Crippen MR) is 123 cm³/mol. The molecule has 4 aromatic rings. The molecule has 0 aliphatic carbocycles. The highest BCUT2D eigenvalue weighted by atomic mass is 19.4. The number of aryl methyl sites for hydroxylation is 1. The molecule has 36 heavy (non-hydrogen) atoms. The van der Waals surface area contributed by atoms with E-state index in [2.05, 4.69) is 35.6 Å². The highest BCUT2D eigenvalue weighted by Gasteiger charge is 2.31. The molecule has 0 radical (unpaired) electrons. The molecule has 10 nitrogen and oxygen atoms in total. The zero-order valence-corrected chi connectivity index (χ0v) is 19.3. The van der Waals surface area contributed by atoms with E-state index in [9.17, 15) is 18.0 Å². The lowest BCUT2D eigenvalue weighted by Crippen LogP contribution is -2.26. The molecular formula is C23H22F3N7O3. The average Bonchev–Trinajstić information content (AvgIpc) is 3.44. The molecule has 0 saturated heterocycles. The summed E-state index contributed by atoms with van der Waals surface area (Å²) in [6.07, 6.45) is -3.08. The Morgan fingerprint density at radius 2 is 1.92 bits per heavy atom. The summed E-state index contributed by atoms with van der Waals surface area (Å²) in [6.45, 7) is 4.85. The zero-order valence-electron chi connectivity index (χ0n) is 19.3. The smallest absolute Gasteiger partial charge is 0.406 e. The summed E-state index contributed by atoms with van der Waals surface area (Å²) in [5, 5.41) is 14.3. The summed E-state index contributed by atoms with van der Waals surface area (Å²) in [6, 6.07) is 10.7. The number of pyridine rings is 1. The van der Waals surface area contributed by atoms with Gasteiger partial charge >= 0.3 is 6.36 Å². The van der Waals surface area contributed by atoms with Crippen molar-refractivity contribution in [1.29, 1.82) is 0 Å². The van der Waals surface area contributed by atoms with Crippen LogP contribution in [0.25, 0.3) is 23.0 Å². The van der Waals surface area contributed by atoms with Crippen molar-refractivity contribution in [1.82, 2.24) is 30.2 Å². The van der Waals surface area contributed by atoms with E-state index in [-0.39, 0.29) is 23.4 Å². The molecule has 0 bridgehead atoms. The summed E-state index contributed by atoms with van der Waals surface area (Å²) < 4.78 is 48.0. The van der Waals surface area contributed by atoms with Crippen LogP contribution in [0.5, 0.6) is 5.75 Å². The molecule has 0 fully saturated rings. The monoisotopic (exact) mass is 501 g/mol. The van der Waals surface area contributed by atoms with E-state index < -0.39 is 6.36 Å². The SMILES string of the molecule is CC(=O)NCCNc1cc(Cn2nc(-c3nc(-c4ccc(OC(F)(F)F)cc4)no3)cc2C)ccn1. The third-order valence-electron chi connectivity index (χ3n) is 4.93. The first-order valence-electron chi connectivity index (χ1n) is 10.8. The quantitative estimate of drug-likeness (QED) is 0.333. The Hall–Kier alpha value is -4.42. The Bertz CT molecular complexity index is 1330. The highest BCUT2D eigenvalue weighted by Crippen LogP contribution is 2.27. The number of halogens is 3. The number of nitrogens with one attached hydrogen (secondary N) is 2. The average molecular weight is 501 g/mol. The summed E-state index contributed by atoms with van der Waals surface area (Å²) in [5.41, 5.74) is 2.74. The van der Waals surface area contributed by atoms with Crippen LogP contribution in [0.15, 0.2) is 53.2 Å². The number of alkyl halides is 3. The van der Waals surface area contributed by atoms with Gasteiger partial charge in [0, 0.05) is 37.5 Å². The first-order valence-corrected chi connectivity index (χ1v) is 10.8. The van der Waals surface area contributed by atoms with Crippen LogP contribution in [0.1, 0.15) is 18.2 Å². The number of anilines is 1. The normalized spacial score (nSPS) is 11.4. The van der Waals surface area contributed by atoms with Crippen LogP contribution < -0.4 is 15.4 Å². The van der Waals surface area contributed by atoms with Gasteiger partial charge in [-0.1, -0.05) is 5.16 Å². The lowest BCUT2D eigenvalue weighted by atomic mass is 10.2. The number of amides is 1. The molecule has 1 amide bonds. The number of carbonyl (C=O) groups is 1. The van der Waals surface area contributed by atoms with E-state index in [0.29, 0.717) is 36.7 Å². The Kier molecular flexibility index (Phi) is 7.17. The highest BCUT2D eigenvalue weighted by molar-refractivity contribution is 5.72. The molecule has 0 saturated carbocycles. The fourth-order valence-corrected chi connectivity index (χ4v) is 3.30. The van der Waals surface area contributed by atoms with Gasteiger partial charge in [0.15, 0.2) is 5.69 Å². The van der Waals surface area contributed by atoms with Gasteiger partial charge in [0.05, 0.1) is 6.54 Å². The van der Waals surface area contributed by atoms with Crippen molar-refractivity contribution in [3.05, 3.63) is 59.9 Å². The summed E-state index contributed by atoms with van der Waals surface area (Å²) in [4.78, 5) is 19.6. The molecule has 0 spiro atoms. The Morgan fingerprint density at radius 1 is 1.14 bits per heavy atom. The molecule has 4 rings (SSSR count). The molecule has 1 aromatic carbocycles. The number of benzene rings is 1. The number of hydrogen-bond acceptors (Lipinski definition) is 8. The van der Waals surface area contributed by atoms with Crippen LogP contribution in [0.2, 0.25) is 0 Å². The number of carbonyl (C=O) groups excluding carboxylic acids is 1. The Morgan fingerprint density at radius 3 is 2.64 bits per heavy atom. The lowest BCUT2D eigenvalue weighted by Gasteiger charge is -2.09. The van der Waals surface area contributed by atoms with Crippen molar-refractivity contribution in [2.45, 2.75) is 26.8 Å². The molecule has 0 aliphatic heterocycles. The lowest BCUT2D eigenvalue weighted by molar-refractivity contribution is -0.274. The maximum atomic E-state index is 12.3. The van der Waals surface area contributed by atoms with Gasteiger partial charge in [-0.15, -0.1) is 13.2 Å². The molecular weight excluding hydrogens is 479 g/mol. The second-order valence-electron chi connectivity index (χ2n) is 7.78. The first-order chi connectivity index (χ1) is 17.2. The Balaban J connectivity index is 1.42. The molecule has 0 unspecified atom stereocenters. The fraction of sp³-hybridized carbons (Fsp3) is 0.261. The largest absolute Gasteiger partial charge is 0.573 e. The van der Waals surface area contributed by atoms with Crippen molar-refractivity contribution < 1.29 is 27.2 Å². The molecule has 0 aliphatic rings. The van der Waals surface area contributed by atoms with E-state index in [0.717, 1.165) is 11.3 Å². The second kappa shape index (κ2) is 10.5. The van der Waals surface area contributed by atoms with Gasteiger partial charge in [-0.3, -0.25) is 9.48 Å². The van der Waals surface area contributed by atoms with Crippen LogP contribution in [-0.2, 0) is 11.3 Å². The molecule has 188 valence electrons. The standard InChI is InChI=1S/C23H22F3N7O3/c1-14-11-19(22-30-21(32-36-22)17-3-5-18(6-4-17)35-23(24,25)26)31-33(14)13-16-7-8-28-20(12-16)29-10-9-27-15(2)34/h3-8,11-12H,9-10,13H2,1-2H3,(H,27,34)(H,28,29). The maximum absolute atomic E-state index is 12.3. The summed E-state index contributed by atoms with van der Waals surface area (Å²) in [7, 11) is 0. The molecule has 3 heterocycles. The van der Waals surface area contributed by atoms with Gasteiger partial charge < -0.3 is 19.9 Å². The minimum atomic E-state index is -4.76. The van der Waals surface area contributed by atoms with Crippen LogP contribution in [0.3, 0.4) is 0 Å². The van der Waals surface area contributed by atoms with E-state index in [4.69, 9.17) is 4.52 Å². The number of aromatic nitrogens is 5. The molecule has 0 atom stereocenters. The summed E-state index contributed by atoms with van der Waals surface area (Å²) in [5.74, 6) is 0.630. The maximum Gasteiger partial charge on any atom is 0.573 e. The topological polar surface area (TPSA) is 120 Å². The second-order valence-corrected chi connectivity index (χ2v) is 7.78. The van der Waals surface area contributed by atoms with Gasteiger partial charge in [-0.2, -0.15) is 10.1 Å². The third-order valence-corrected chi connectivity index (χ3v) is 4.93. The predicted octanol–water partition coefficient (Wildman–Crippen LogP) is 3.80. The molecule has 3 aromatic heterocycles. The summed E-state index contributed by atoms with van der Waals surface area (Å²) >= 11 is 0. The van der Waals surface area contributed by atoms with E-state index in [1.807, 2.05) is 19.1 Å². The van der Waals surface area contributed by atoms with Crippen LogP contribution in [0, 0.1) is 6.92 Å². The van der Waals surface area contributed by atoms with Crippen molar-refractivity contribution in [2.24, 2.45) is 0 Å². The van der Waals surface area contributed by atoms with Crippen LogP contribution >= 0.6 is 0 Å². The van der Waals surface area contributed by atoms with E-state index in [1.54, 1.807) is 16.9 Å². The number of ether oxygens (including phenoxy) is 1. The Labute approximate surface area is 203 Å². The van der Waals surface area contributed by atoms with Gasteiger partial charge in [0.1, 0.15) is 11.6 Å². The number of hydrogen-bond donors (Lipinski definition) is 2. The van der Waals surface area contributed by atoms with Crippen molar-refractivity contribution >= 4 is 11.7 Å². The van der Waals surface area contributed by atoms with Gasteiger partial charge in [-0.25, -0.2) is 4.98 Å². The van der Waals surface area contributed by atoms with Crippen molar-refractivity contribution in [2.75, 3.05) is 18.4 Å². The van der Waals surface area contributed by atoms with E-state index >= 15 is 0 Å². The third kappa shape index (κ3) is 6.58. The zero-order chi connectivity index (χ0) is 25.7. The number of rotatable bonds is 9.